The number of aromatic nitrogens is 2. The van der Waals surface area contributed by atoms with Crippen molar-refractivity contribution in [2.45, 2.75) is 5.22 Å². The van der Waals surface area contributed by atoms with Gasteiger partial charge >= 0.3 is 0 Å². The zero-order chi connectivity index (χ0) is 17.8. The van der Waals surface area contributed by atoms with Crippen LogP contribution in [0.25, 0.3) is 11.5 Å². The first-order valence-corrected chi connectivity index (χ1v) is 8.73. The third-order valence-corrected chi connectivity index (χ3v) is 4.69. The quantitative estimate of drug-likeness (QED) is 0.619. The van der Waals surface area contributed by atoms with Crippen LogP contribution in [0.2, 0.25) is 10.0 Å². The van der Waals surface area contributed by atoms with Gasteiger partial charge in [0.25, 0.3) is 5.22 Å². The molecule has 1 N–H and O–H groups in total. The van der Waals surface area contributed by atoms with Crippen molar-refractivity contribution < 1.29 is 13.6 Å². The van der Waals surface area contributed by atoms with Gasteiger partial charge in [0, 0.05) is 5.56 Å². The minimum Gasteiger partial charge on any atom is -0.411 e. The number of carbonyl (C=O) groups is 1. The highest BCUT2D eigenvalue weighted by Gasteiger charge is 2.13. The predicted molar refractivity (Wildman–Crippen MR) is 95.5 cm³/mol. The molecular weight excluding hydrogens is 388 g/mol. The van der Waals surface area contributed by atoms with Crippen LogP contribution in [0, 0.1) is 5.82 Å². The molecule has 1 heterocycles. The Morgan fingerprint density at radius 1 is 1.16 bits per heavy atom. The van der Waals surface area contributed by atoms with E-state index in [0.717, 1.165) is 11.8 Å². The summed E-state index contributed by atoms with van der Waals surface area (Å²) in [6, 6.07) is 10.6. The van der Waals surface area contributed by atoms with Gasteiger partial charge in [-0.1, -0.05) is 41.0 Å². The van der Waals surface area contributed by atoms with Crippen LogP contribution in [0.15, 0.2) is 52.1 Å². The third-order valence-electron chi connectivity index (χ3n) is 3.05. The Morgan fingerprint density at radius 3 is 2.68 bits per heavy atom. The maximum absolute atomic E-state index is 12.9. The van der Waals surface area contributed by atoms with E-state index >= 15 is 0 Å². The molecule has 3 rings (SSSR count). The highest BCUT2D eigenvalue weighted by molar-refractivity contribution is 7.99. The van der Waals surface area contributed by atoms with Crippen molar-refractivity contribution in [2.24, 2.45) is 0 Å². The number of hydrogen-bond acceptors (Lipinski definition) is 5. The van der Waals surface area contributed by atoms with Crippen molar-refractivity contribution in [3.63, 3.8) is 0 Å². The van der Waals surface area contributed by atoms with E-state index in [1.165, 1.54) is 24.3 Å². The molecule has 0 aliphatic heterocycles. The summed E-state index contributed by atoms with van der Waals surface area (Å²) in [5, 5.41) is 11.2. The molecule has 0 bridgehead atoms. The second-order valence-electron chi connectivity index (χ2n) is 4.82. The molecule has 25 heavy (non-hydrogen) atoms. The molecule has 0 fully saturated rings. The normalized spacial score (nSPS) is 10.7. The van der Waals surface area contributed by atoms with Crippen LogP contribution in [0.1, 0.15) is 0 Å². The molecule has 128 valence electrons. The van der Waals surface area contributed by atoms with Crippen LogP contribution in [0.5, 0.6) is 0 Å². The van der Waals surface area contributed by atoms with Gasteiger partial charge in [0.2, 0.25) is 11.8 Å². The summed E-state index contributed by atoms with van der Waals surface area (Å²) in [4.78, 5) is 12.0. The molecule has 1 amide bonds. The molecule has 2 aromatic carbocycles. The van der Waals surface area contributed by atoms with E-state index in [-0.39, 0.29) is 33.6 Å². The topological polar surface area (TPSA) is 68.0 Å². The molecule has 0 unspecified atom stereocenters. The lowest BCUT2D eigenvalue weighted by molar-refractivity contribution is -0.113. The van der Waals surface area contributed by atoms with Crippen LogP contribution in [-0.4, -0.2) is 21.9 Å². The van der Waals surface area contributed by atoms with E-state index in [4.69, 9.17) is 27.6 Å². The Kier molecular flexibility index (Phi) is 5.57. The average Bonchev–Trinajstić information content (AvgIpc) is 3.07. The number of benzene rings is 2. The molecule has 0 aliphatic rings. The zero-order valence-corrected chi connectivity index (χ0v) is 14.8. The lowest BCUT2D eigenvalue weighted by atomic mass is 10.2. The predicted octanol–water partition coefficient (Wildman–Crippen LogP) is 4.91. The SMILES string of the molecule is O=C(CSc1nnc(-c2ccc(F)cc2)o1)Nc1cccc(Cl)c1Cl. The lowest BCUT2D eigenvalue weighted by Gasteiger charge is -2.07. The number of thioether (sulfide) groups is 1. The molecule has 0 radical (unpaired) electrons. The summed E-state index contributed by atoms with van der Waals surface area (Å²) < 4.78 is 18.4. The number of nitrogens with one attached hydrogen (secondary N) is 1. The summed E-state index contributed by atoms with van der Waals surface area (Å²) >= 11 is 13.0. The molecule has 1 aromatic heterocycles. The lowest BCUT2D eigenvalue weighted by Crippen LogP contribution is -2.14. The van der Waals surface area contributed by atoms with Crippen LogP contribution in [-0.2, 0) is 4.79 Å². The van der Waals surface area contributed by atoms with E-state index in [1.54, 1.807) is 18.2 Å². The van der Waals surface area contributed by atoms with Gasteiger partial charge in [-0.3, -0.25) is 4.79 Å². The molecule has 0 atom stereocenters. The van der Waals surface area contributed by atoms with Gasteiger partial charge in [0.15, 0.2) is 0 Å². The Labute approximate surface area is 156 Å². The smallest absolute Gasteiger partial charge is 0.277 e. The van der Waals surface area contributed by atoms with Gasteiger partial charge in [-0.15, -0.1) is 10.2 Å². The van der Waals surface area contributed by atoms with Crippen molar-refractivity contribution in [3.8, 4) is 11.5 Å². The summed E-state index contributed by atoms with van der Waals surface area (Å²) in [6.45, 7) is 0. The van der Waals surface area contributed by atoms with Gasteiger partial charge < -0.3 is 9.73 Å². The summed E-state index contributed by atoms with van der Waals surface area (Å²) in [6.07, 6.45) is 0. The van der Waals surface area contributed by atoms with Crippen molar-refractivity contribution in [1.29, 1.82) is 0 Å². The Balaban J connectivity index is 1.59. The molecule has 0 saturated heterocycles. The summed E-state index contributed by atoms with van der Waals surface area (Å²) in [7, 11) is 0. The van der Waals surface area contributed by atoms with Gasteiger partial charge in [-0.05, 0) is 36.4 Å². The second-order valence-corrected chi connectivity index (χ2v) is 6.53. The molecule has 0 spiro atoms. The largest absolute Gasteiger partial charge is 0.411 e. The number of anilines is 1. The minimum absolute atomic E-state index is 0.0495. The fourth-order valence-corrected chi connectivity index (χ4v) is 2.80. The monoisotopic (exact) mass is 397 g/mol. The van der Waals surface area contributed by atoms with Gasteiger partial charge in [-0.2, -0.15) is 0 Å². The van der Waals surface area contributed by atoms with Crippen LogP contribution in [0.4, 0.5) is 10.1 Å². The number of hydrogen-bond donors (Lipinski definition) is 1. The standard InChI is InChI=1S/C16H10Cl2FN3O2S/c17-11-2-1-3-12(14(11)18)20-13(23)8-25-16-22-21-15(24-16)9-4-6-10(19)7-5-9/h1-7H,8H2,(H,20,23). The Hall–Kier alpha value is -2.09. The number of rotatable bonds is 5. The molecule has 3 aromatic rings. The van der Waals surface area contributed by atoms with Crippen LogP contribution >= 0.6 is 35.0 Å². The highest BCUT2D eigenvalue weighted by atomic mass is 35.5. The van der Waals surface area contributed by atoms with E-state index in [9.17, 15) is 9.18 Å². The van der Waals surface area contributed by atoms with E-state index in [0.29, 0.717) is 16.3 Å². The number of amides is 1. The van der Waals surface area contributed by atoms with E-state index < -0.39 is 0 Å². The second kappa shape index (κ2) is 7.86. The number of halogens is 3. The van der Waals surface area contributed by atoms with Crippen molar-refractivity contribution in [1.82, 2.24) is 10.2 Å². The van der Waals surface area contributed by atoms with Crippen molar-refractivity contribution in [2.75, 3.05) is 11.1 Å². The summed E-state index contributed by atoms with van der Waals surface area (Å²) in [5.74, 6) is -0.348. The Morgan fingerprint density at radius 2 is 1.92 bits per heavy atom. The summed E-state index contributed by atoms with van der Waals surface area (Å²) in [5.41, 5.74) is 1.02. The maximum atomic E-state index is 12.9. The first kappa shape index (κ1) is 17.7. The average molecular weight is 398 g/mol. The first-order valence-electron chi connectivity index (χ1n) is 6.99. The molecule has 0 saturated carbocycles. The van der Waals surface area contributed by atoms with Crippen LogP contribution < -0.4 is 5.32 Å². The van der Waals surface area contributed by atoms with Crippen molar-refractivity contribution >= 4 is 46.6 Å². The fraction of sp³-hybridized carbons (Fsp3) is 0.0625. The number of carbonyl (C=O) groups excluding carboxylic acids is 1. The van der Waals surface area contributed by atoms with Crippen LogP contribution in [0.3, 0.4) is 0 Å². The maximum Gasteiger partial charge on any atom is 0.277 e. The molecule has 9 heteroatoms. The zero-order valence-electron chi connectivity index (χ0n) is 12.5. The van der Waals surface area contributed by atoms with Gasteiger partial charge in [-0.25, -0.2) is 4.39 Å². The van der Waals surface area contributed by atoms with Crippen molar-refractivity contribution in [3.05, 3.63) is 58.3 Å². The van der Waals surface area contributed by atoms with Gasteiger partial charge in [0.1, 0.15) is 5.82 Å². The number of nitrogens with zero attached hydrogens (tertiary/aromatic N) is 2. The first-order chi connectivity index (χ1) is 12.0. The third kappa shape index (κ3) is 4.50. The molecule has 5 nitrogen and oxygen atoms in total. The Bertz CT molecular complexity index is 903. The highest BCUT2D eigenvalue weighted by Crippen LogP contribution is 2.30. The van der Waals surface area contributed by atoms with Gasteiger partial charge in [0.05, 0.1) is 21.5 Å². The minimum atomic E-state index is -0.353. The molecule has 0 aliphatic carbocycles. The van der Waals surface area contributed by atoms with E-state index in [1.807, 2.05) is 0 Å². The fourth-order valence-electron chi connectivity index (χ4n) is 1.89. The van der Waals surface area contributed by atoms with E-state index in [2.05, 4.69) is 15.5 Å². The molecular formula is C16H10Cl2FN3O2S.